The fourth-order valence-electron chi connectivity index (χ4n) is 2.12. The molecule has 0 saturated carbocycles. The molecule has 2 nitrogen and oxygen atoms in total. The van der Waals surface area contributed by atoms with Crippen LogP contribution >= 0.6 is 15.9 Å². The molecule has 1 saturated heterocycles. The molecular weight excluding hydrogens is 252 g/mol. The van der Waals surface area contributed by atoms with E-state index >= 15 is 0 Å². The lowest BCUT2D eigenvalue weighted by Crippen LogP contribution is -2.44. The van der Waals surface area contributed by atoms with Gasteiger partial charge in [-0.25, -0.2) is 0 Å². The summed E-state index contributed by atoms with van der Waals surface area (Å²) in [5.74, 6) is 0. The largest absolute Gasteiger partial charge is 0.314 e. The highest BCUT2D eigenvalue weighted by atomic mass is 79.9. The fraction of sp³-hybridized carbons (Fsp3) is 0.500. The van der Waals surface area contributed by atoms with Gasteiger partial charge in [-0.1, -0.05) is 22.0 Å². The van der Waals surface area contributed by atoms with E-state index in [2.05, 4.69) is 58.3 Å². The molecule has 2 rings (SSSR count). The van der Waals surface area contributed by atoms with Gasteiger partial charge in [0.2, 0.25) is 0 Å². The molecule has 1 aromatic rings. The first kappa shape index (κ1) is 11.1. The molecule has 0 spiro atoms. The average Bonchev–Trinajstić information content (AvgIpc) is 2.23. The Hall–Kier alpha value is -0.380. The van der Waals surface area contributed by atoms with Crippen molar-refractivity contribution in [2.75, 3.05) is 26.7 Å². The van der Waals surface area contributed by atoms with Gasteiger partial charge >= 0.3 is 0 Å². The summed E-state index contributed by atoms with van der Waals surface area (Å²) in [5.41, 5.74) is 2.80. The molecule has 0 radical (unpaired) electrons. The molecule has 0 aromatic heterocycles. The van der Waals surface area contributed by atoms with Crippen LogP contribution in [0.25, 0.3) is 0 Å². The van der Waals surface area contributed by atoms with Crippen LogP contribution in [0.1, 0.15) is 17.2 Å². The Morgan fingerprint density at radius 2 is 2.27 bits per heavy atom. The quantitative estimate of drug-likeness (QED) is 0.841. The fourth-order valence-corrected chi connectivity index (χ4v) is 2.50. The average molecular weight is 269 g/mol. The van der Waals surface area contributed by atoms with Gasteiger partial charge in [0.25, 0.3) is 0 Å². The molecule has 15 heavy (non-hydrogen) atoms. The molecule has 1 aromatic carbocycles. The first-order valence-corrected chi connectivity index (χ1v) is 6.15. The second-order valence-corrected chi connectivity index (χ2v) is 5.12. The molecule has 82 valence electrons. The SMILES string of the molecule is Cc1ccc(Br)cc1C1CNCCN1C. The summed E-state index contributed by atoms with van der Waals surface area (Å²) in [6.07, 6.45) is 0. The Morgan fingerprint density at radius 1 is 1.47 bits per heavy atom. The molecule has 0 aliphatic carbocycles. The summed E-state index contributed by atoms with van der Waals surface area (Å²) in [6, 6.07) is 7.04. The van der Waals surface area contributed by atoms with Crippen molar-refractivity contribution >= 4 is 15.9 Å². The van der Waals surface area contributed by atoms with E-state index in [9.17, 15) is 0 Å². The second-order valence-electron chi connectivity index (χ2n) is 4.20. The number of hydrogen-bond donors (Lipinski definition) is 1. The Kier molecular flexibility index (Phi) is 3.44. The van der Waals surface area contributed by atoms with E-state index in [4.69, 9.17) is 0 Å². The normalized spacial score (nSPS) is 23.0. The third-order valence-electron chi connectivity index (χ3n) is 3.11. The highest BCUT2D eigenvalue weighted by molar-refractivity contribution is 9.10. The van der Waals surface area contributed by atoms with E-state index in [1.54, 1.807) is 0 Å². The summed E-state index contributed by atoms with van der Waals surface area (Å²) >= 11 is 3.54. The molecule has 1 aliphatic rings. The smallest absolute Gasteiger partial charge is 0.0473 e. The minimum atomic E-state index is 0.510. The van der Waals surface area contributed by atoms with Gasteiger partial charge < -0.3 is 5.32 Å². The van der Waals surface area contributed by atoms with Gasteiger partial charge in [0.05, 0.1) is 0 Å². The van der Waals surface area contributed by atoms with Gasteiger partial charge in [-0.15, -0.1) is 0 Å². The summed E-state index contributed by atoms with van der Waals surface area (Å²) in [4.78, 5) is 2.42. The van der Waals surface area contributed by atoms with Gasteiger partial charge in [-0.3, -0.25) is 4.90 Å². The number of benzene rings is 1. The summed E-state index contributed by atoms with van der Waals surface area (Å²) < 4.78 is 1.17. The number of nitrogens with one attached hydrogen (secondary N) is 1. The highest BCUT2D eigenvalue weighted by Crippen LogP contribution is 2.26. The molecule has 1 aliphatic heterocycles. The predicted molar refractivity (Wildman–Crippen MR) is 67.1 cm³/mol. The van der Waals surface area contributed by atoms with Gasteiger partial charge in [0.15, 0.2) is 0 Å². The maximum atomic E-state index is 3.54. The molecule has 1 heterocycles. The van der Waals surface area contributed by atoms with Gasteiger partial charge in [-0.2, -0.15) is 0 Å². The van der Waals surface area contributed by atoms with E-state index in [0.717, 1.165) is 19.6 Å². The van der Waals surface area contributed by atoms with E-state index in [0.29, 0.717) is 6.04 Å². The van der Waals surface area contributed by atoms with Crippen molar-refractivity contribution in [3.63, 3.8) is 0 Å². The van der Waals surface area contributed by atoms with Gasteiger partial charge in [-0.05, 0) is 37.2 Å². The first-order chi connectivity index (χ1) is 7.18. The number of hydrogen-bond acceptors (Lipinski definition) is 2. The Bertz CT molecular complexity index is 351. The van der Waals surface area contributed by atoms with Crippen LogP contribution in [0.2, 0.25) is 0 Å². The molecule has 1 N–H and O–H groups in total. The van der Waals surface area contributed by atoms with Crippen LogP contribution in [-0.4, -0.2) is 31.6 Å². The van der Waals surface area contributed by atoms with E-state index in [1.807, 2.05) is 0 Å². The van der Waals surface area contributed by atoms with Crippen molar-refractivity contribution in [3.8, 4) is 0 Å². The van der Waals surface area contributed by atoms with Crippen molar-refractivity contribution in [2.45, 2.75) is 13.0 Å². The number of likely N-dealkylation sites (N-methyl/N-ethyl adjacent to an activating group) is 1. The van der Waals surface area contributed by atoms with E-state index in [-0.39, 0.29) is 0 Å². The van der Waals surface area contributed by atoms with Crippen LogP contribution in [0, 0.1) is 6.92 Å². The Labute approximate surface area is 99.8 Å². The number of piperazine rings is 1. The third-order valence-corrected chi connectivity index (χ3v) is 3.60. The molecule has 1 unspecified atom stereocenters. The monoisotopic (exact) mass is 268 g/mol. The van der Waals surface area contributed by atoms with Crippen LogP contribution in [-0.2, 0) is 0 Å². The minimum absolute atomic E-state index is 0.510. The number of rotatable bonds is 1. The van der Waals surface area contributed by atoms with Crippen LogP contribution in [0.3, 0.4) is 0 Å². The van der Waals surface area contributed by atoms with Crippen molar-refractivity contribution in [1.29, 1.82) is 0 Å². The lowest BCUT2D eigenvalue weighted by Gasteiger charge is -2.34. The van der Waals surface area contributed by atoms with Crippen LogP contribution in [0.4, 0.5) is 0 Å². The van der Waals surface area contributed by atoms with Gasteiger partial charge in [0, 0.05) is 30.1 Å². The molecular formula is C12H17BrN2. The topological polar surface area (TPSA) is 15.3 Å². The standard InChI is InChI=1S/C12H17BrN2/c1-9-3-4-10(13)7-11(9)12-8-14-5-6-15(12)2/h3-4,7,12,14H,5-6,8H2,1-2H3. The number of nitrogens with zero attached hydrogens (tertiary/aromatic N) is 1. The molecule has 1 atom stereocenters. The van der Waals surface area contributed by atoms with Crippen LogP contribution < -0.4 is 5.32 Å². The van der Waals surface area contributed by atoms with Crippen molar-refractivity contribution in [1.82, 2.24) is 10.2 Å². The molecule has 0 bridgehead atoms. The van der Waals surface area contributed by atoms with Crippen LogP contribution in [0.5, 0.6) is 0 Å². The summed E-state index contributed by atoms with van der Waals surface area (Å²) in [5, 5.41) is 3.45. The van der Waals surface area contributed by atoms with Crippen molar-refractivity contribution in [3.05, 3.63) is 33.8 Å². The number of halogens is 1. The Morgan fingerprint density at radius 3 is 3.00 bits per heavy atom. The zero-order valence-electron chi connectivity index (χ0n) is 9.26. The Balaban J connectivity index is 2.30. The molecule has 1 fully saturated rings. The first-order valence-electron chi connectivity index (χ1n) is 5.35. The predicted octanol–water partition coefficient (Wildman–Crippen LogP) is 2.33. The highest BCUT2D eigenvalue weighted by Gasteiger charge is 2.21. The minimum Gasteiger partial charge on any atom is -0.314 e. The summed E-state index contributed by atoms with van der Waals surface area (Å²) in [7, 11) is 2.20. The zero-order chi connectivity index (χ0) is 10.8. The van der Waals surface area contributed by atoms with Crippen molar-refractivity contribution in [2.24, 2.45) is 0 Å². The lowest BCUT2D eigenvalue weighted by molar-refractivity contribution is 0.201. The lowest BCUT2D eigenvalue weighted by atomic mass is 9.99. The maximum absolute atomic E-state index is 3.54. The number of aryl methyl sites for hydroxylation is 1. The zero-order valence-corrected chi connectivity index (χ0v) is 10.8. The molecule has 0 amide bonds. The third kappa shape index (κ3) is 2.41. The maximum Gasteiger partial charge on any atom is 0.0473 e. The molecule has 3 heteroatoms. The second kappa shape index (κ2) is 4.64. The van der Waals surface area contributed by atoms with Gasteiger partial charge in [0.1, 0.15) is 0 Å². The summed E-state index contributed by atoms with van der Waals surface area (Å²) in [6.45, 7) is 5.45. The van der Waals surface area contributed by atoms with Crippen molar-refractivity contribution < 1.29 is 0 Å². The van der Waals surface area contributed by atoms with E-state index < -0.39 is 0 Å². The van der Waals surface area contributed by atoms with Crippen LogP contribution in [0.15, 0.2) is 22.7 Å². The van der Waals surface area contributed by atoms with E-state index in [1.165, 1.54) is 15.6 Å².